The minimum atomic E-state index is -0.169. The Balaban J connectivity index is 1.54. The number of imidazole rings is 2. The van der Waals surface area contributed by atoms with E-state index in [2.05, 4.69) is 30.2 Å². The summed E-state index contributed by atoms with van der Waals surface area (Å²) in [4.78, 5) is 25.9. The Morgan fingerprint density at radius 1 is 1.36 bits per heavy atom. The maximum atomic E-state index is 12.7. The summed E-state index contributed by atoms with van der Waals surface area (Å²) in [6.45, 7) is 4.65. The van der Waals surface area contributed by atoms with Gasteiger partial charge in [0.2, 0.25) is 5.78 Å². The average Bonchev–Trinajstić information content (AvgIpc) is 3.18. The van der Waals surface area contributed by atoms with Gasteiger partial charge >= 0.3 is 0 Å². The molecule has 0 bridgehead atoms. The number of carbonyl (C=O) groups is 1. The van der Waals surface area contributed by atoms with Gasteiger partial charge in [0.15, 0.2) is 0 Å². The molecule has 1 aliphatic rings. The minimum Gasteiger partial charge on any atom is -0.342 e. The topological polar surface area (TPSA) is 89.1 Å². The monoisotopic (exact) mass is 339 g/mol. The van der Waals surface area contributed by atoms with Gasteiger partial charge in [0, 0.05) is 50.8 Å². The van der Waals surface area contributed by atoms with E-state index in [-0.39, 0.29) is 11.9 Å². The van der Waals surface area contributed by atoms with Crippen LogP contribution < -0.4 is 10.6 Å². The van der Waals surface area contributed by atoms with Crippen LogP contribution in [-0.4, -0.2) is 42.9 Å². The standard InChI is InChI=1S/C17H21N7O/c1-2-12(13-10-24-8-3-5-19-17(24)22-13)21-16(25)14-11-23-9-7-18-6-4-15(23)20-14/h3,5,8,10-12,18H,2,4,6-7,9H2,1H3,(H,21,25). The molecule has 0 radical (unpaired) electrons. The van der Waals surface area contributed by atoms with Gasteiger partial charge < -0.3 is 15.2 Å². The van der Waals surface area contributed by atoms with Crippen molar-refractivity contribution in [1.29, 1.82) is 0 Å². The first kappa shape index (κ1) is 15.8. The largest absolute Gasteiger partial charge is 0.342 e. The fourth-order valence-electron chi connectivity index (χ4n) is 3.12. The molecule has 1 atom stereocenters. The molecule has 0 spiro atoms. The average molecular weight is 339 g/mol. The van der Waals surface area contributed by atoms with Gasteiger partial charge in [-0.15, -0.1) is 0 Å². The summed E-state index contributed by atoms with van der Waals surface area (Å²) < 4.78 is 3.92. The number of carbonyl (C=O) groups excluding carboxylic acids is 1. The van der Waals surface area contributed by atoms with Gasteiger partial charge in [-0.2, -0.15) is 0 Å². The molecule has 0 fully saturated rings. The minimum absolute atomic E-state index is 0.162. The van der Waals surface area contributed by atoms with Crippen LogP contribution in [0.3, 0.4) is 0 Å². The number of nitrogens with one attached hydrogen (secondary N) is 2. The van der Waals surface area contributed by atoms with Crippen LogP contribution in [0.2, 0.25) is 0 Å². The molecule has 3 aromatic rings. The lowest BCUT2D eigenvalue weighted by atomic mass is 10.1. The Morgan fingerprint density at radius 3 is 3.12 bits per heavy atom. The number of nitrogens with zero attached hydrogens (tertiary/aromatic N) is 5. The molecular weight excluding hydrogens is 318 g/mol. The molecule has 4 heterocycles. The van der Waals surface area contributed by atoms with E-state index in [1.807, 2.05) is 36.0 Å². The molecule has 130 valence electrons. The lowest BCUT2D eigenvalue weighted by Crippen LogP contribution is -2.28. The lowest BCUT2D eigenvalue weighted by Gasteiger charge is -2.13. The van der Waals surface area contributed by atoms with E-state index < -0.39 is 0 Å². The van der Waals surface area contributed by atoms with Crippen LogP contribution in [0.1, 0.15) is 41.4 Å². The maximum Gasteiger partial charge on any atom is 0.272 e. The number of hydrogen-bond donors (Lipinski definition) is 2. The third kappa shape index (κ3) is 3.12. The Kier molecular flexibility index (Phi) is 4.19. The van der Waals surface area contributed by atoms with Gasteiger partial charge in [0.05, 0.1) is 11.7 Å². The number of rotatable bonds is 4. The molecule has 8 nitrogen and oxygen atoms in total. The Bertz CT molecular complexity index is 841. The third-order valence-electron chi connectivity index (χ3n) is 4.47. The molecule has 4 rings (SSSR count). The van der Waals surface area contributed by atoms with Crippen LogP contribution in [-0.2, 0) is 13.0 Å². The van der Waals surface area contributed by atoms with E-state index >= 15 is 0 Å². The Hall–Kier alpha value is -2.74. The zero-order valence-electron chi connectivity index (χ0n) is 14.1. The van der Waals surface area contributed by atoms with Crippen LogP contribution in [0, 0.1) is 0 Å². The number of hydrogen-bond acceptors (Lipinski definition) is 5. The van der Waals surface area contributed by atoms with Crippen molar-refractivity contribution in [1.82, 2.24) is 34.6 Å². The number of amides is 1. The van der Waals surface area contributed by atoms with E-state index in [9.17, 15) is 4.79 Å². The third-order valence-corrected chi connectivity index (χ3v) is 4.47. The van der Waals surface area contributed by atoms with Gasteiger partial charge in [0.1, 0.15) is 11.5 Å². The molecule has 25 heavy (non-hydrogen) atoms. The van der Waals surface area contributed by atoms with Gasteiger partial charge in [-0.1, -0.05) is 6.92 Å². The molecular formula is C17H21N7O. The van der Waals surface area contributed by atoms with Crippen molar-refractivity contribution in [3.05, 3.63) is 48.1 Å². The molecule has 2 N–H and O–H groups in total. The van der Waals surface area contributed by atoms with Crippen molar-refractivity contribution in [3.8, 4) is 0 Å². The highest BCUT2D eigenvalue weighted by molar-refractivity contribution is 5.92. The number of aromatic nitrogens is 5. The van der Waals surface area contributed by atoms with Crippen molar-refractivity contribution in [2.75, 3.05) is 13.1 Å². The van der Waals surface area contributed by atoms with Crippen LogP contribution in [0.4, 0.5) is 0 Å². The van der Waals surface area contributed by atoms with Crippen molar-refractivity contribution >= 4 is 11.7 Å². The molecule has 0 saturated heterocycles. The van der Waals surface area contributed by atoms with E-state index in [4.69, 9.17) is 0 Å². The predicted octanol–water partition coefficient (Wildman–Crippen LogP) is 0.953. The Morgan fingerprint density at radius 2 is 2.28 bits per heavy atom. The van der Waals surface area contributed by atoms with Crippen LogP contribution in [0.5, 0.6) is 0 Å². The van der Waals surface area contributed by atoms with Crippen LogP contribution in [0.25, 0.3) is 5.78 Å². The highest BCUT2D eigenvalue weighted by Gasteiger charge is 2.20. The summed E-state index contributed by atoms with van der Waals surface area (Å²) in [6.07, 6.45) is 8.93. The van der Waals surface area contributed by atoms with E-state index in [1.165, 1.54) is 0 Å². The summed E-state index contributed by atoms with van der Waals surface area (Å²) in [5.41, 5.74) is 1.27. The normalized spacial score (nSPS) is 15.6. The zero-order chi connectivity index (χ0) is 17.2. The van der Waals surface area contributed by atoms with E-state index in [1.54, 1.807) is 6.20 Å². The van der Waals surface area contributed by atoms with Gasteiger partial charge in [-0.05, 0) is 12.5 Å². The quantitative estimate of drug-likeness (QED) is 0.739. The molecule has 3 aromatic heterocycles. The molecule has 1 aliphatic heterocycles. The van der Waals surface area contributed by atoms with Gasteiger partial charge in [-0.3, -0.25) is 9.20 Å². The first-order valence-corrected chi connectivity index (χ1v) is 8.62. The predicted molar refractivity (Wildman–Crippen MR) is 92.3 cm³/mol. The maximum absolute atomic E-state index is 12.7. The fraction of sp³-hybridized carbons (Fsp3) is 0.412. The summed E-state index contributed by atoms with van der Waals surface area (Å²) in [5.74, 6) is 1.43. The highest BCUT2D eigenvalue weighted by Crippen LogP contribution is 2.17. The first-order chi connectivity index (χ1) is 12.2. The summed E-state index contributed by atoms with van der Waals surface area (Å²) >= 11 is 0. The zero-order valence-corrected chi connectivity index (χ0v) is 14.1. The molecule has 0 aromatic carbocycles. The van der Waals surface area contributed by atoms with Crippen LogP contribution in [0.15, 0.2) is 30.9 Å². The number of fused-ring (bicyclic) bond motifs is 2. The Labute approximate surface area is 145 Å². The molecule has 1 amide bonds. The van der Waals surface area contributed by atoms with Crippen molar-refractivity contribution in [3.63, 3.8) is 0 Å². The smallest absolute Gasteiger partial charge is 0.272 e. The van der Waals surface area contributed by atoms with Crippen LogP contribution >= 0.6 is 0 Å². The molecule has 0 aliphatic carbocycles. The summed E-state index contributed by atoms with van der Waals surface area (Å²) in [6, 6.07) is 1.68. The molecule has 1 unspecified atom stereocenters. The van der Waals surface area contributed by atoms with E-state index in [0.717, 1.165) is 44.0 Å². The summed E-state index contributed by atoms with van der Waals surface area (Å²) in [7, 11) is 0. The molecule has 0 saturated carbocycles. The first-order valence-electron chi connectivity index (χ1n) is 8.62. The summed E-state index contributed by atoms with van der Waals surface area (Å²) in [5, 5.41) is 6.38. The second-order valence-electron chi connectivity index (χ2n) is 6.16. The van der Waals surface area contributed by atoms with Gasteiger partial charge in [0.25, 0.3) is 5.91 Å². The highest BCUT2D eigenvalue weighted by atomic mass is 16.2. The second kappa shape index (κ2) is 6.64. The van der Waals surface area contributed by atoms with Crippen molar-refractivity contribution in [2.45, 2.75) is 32.4 Å². The van der Waals surface area contributed by atoms with Gasteiger partial charge in [-0.25, -0.2) is 15.0 Å². The van der Waals surface area contributed by atoms with Crippen molar-refractivity contribution in [2.24, 2.45) is 0 Å². The second-order valence-corrected chi connectivity index (χ2v) is 6.16. The fourth-order valence-corrected chi connectivity index (χ4v) is 3.12. The van der Waals surface area contributed by atoms with Crippen molar-refractivity contribution < 1.29 is 4.79 Å². The van der Waals surface area contributed by atoms with E-state index in [0.29, 0.717) is 11.5 Å². The SMILES string of the molecule is CCC(NC(=O)c1cn2c(n1)CCNCC2)c1cn2cccnc2n1. The lowest BCUT2D eigenvalue weighted by molar-refractivity contribution is 0.0930. The molecule has 8 heteroatoms.